The third kappa shape index (κ3) is 4.51. The van der Waals surface area contributed by atoms with Crippen molar-refractivity contribution in [3.05, 3.63) is 95.6 Å². The predicted octanol–water partition coefficient (Wildman–Crippen LogP) is 6.74. The van der Waals surface area contributed by atoms with Crippen LogP contribution in [0.25, 0.3) is 21.9 Å². The van der Waals surface area contributed by atoms with Crippen molar-refractivity contribution >= 4 is 33.5 Å². The molecule has 0 aliphatic heterocycles. The molecule has 0 spiro atoms. The van der Waals surface area contributed by atoms with E-state index >= 15 is 0 Å². The average Bonchev–Trinajstić information content (AvgIpc) is 3.24. The fourth-order valence-electron chi connectivity index (χ4n) is 4.11. The summed E-state index contributed by atoms with van der Waals surface area (Å²) >= 11 is 0. The van der Waals surface area contributed by atoms with Crippen LogP contribution < -0.4 is 19.5 Å². The standard InChI is InChI=1S/C29H25NO5/c1-18-7-6-8-21(13-18)34-17-20-14-19(11-12-25(20)32-2)29(31)30-24-16-27-23(15-28(24)33-3)22-9-4-5-10-26(22)35-27/h4-16H,17H2,1-3H3,(H,30,31). The van der Waals surface area contributed by atoms with Gasteiger partial charge in [0.25, 0.3) is 5.91 Å². The van der Waals surface area contributed by atoms with E-state index in [4.69, 9.17) is 18.6 Å². The maximum absolute atomic E-state index is 13.2. The van der Waals surface area contributed by atoms with Crippen molar-refractivity contribution in [1.82, 2.24) is 0 Å². The molecule has 1 N–H and O–H groups in total. The van der Waals surface area contributed by atoms with Crippen molar-refractivity contribution in [2.75, 3.05) is 19.5 Å². The highest BCUT2D eigenvalue weighted by Crippen LogP contribution is 2.36. The van der Waals surface area contributed by atoms with Crippen LogP contribution in [0.3, 0.4) is 0 Å². The molecule has 0 radical (unpaired) electrons. The van der Waals surface area contributed by atoms with Crippen molar-refractivity contribution in [2.45, 2.75) is 13.5 Å². The van der Waals surface area contributed by atoms with Crippen LogP contribution in [0.1, 0.15) is 21.5 Å². The summed E-state index contributed by atoms with van der Waals surface area (Å²) in [6.07, 6.45) is 0. The molecule has 6 heteroatoms. The Bertz CT molecular complexity index is 1540. The Morgan fingerprint density at radius 1 is 0.829 bits per heavy atom. The number of ether oxygens (including phenoxy) is 3. The number of furan rings is 1. The second-order valence-corrected chi connectivity index (χ2v) is 8.23. The summed E-state index contributed by atoms with van der Waals surface area (Å²) in [5.74, 6) is 1.67. The first kappa shape index (κ1) is 22.3. The maximum atomic E-state index is 13.2. The Morgan fingerprint density at radius 3 is 2.46 bits per heavy atom. The molecule has 0 bridgehead atoms. The molecule has 1 aromatic heterocycles. The molecule has 35 heavy (non-hydrogen) atoms. The number of hydrogen-bond acceptors (Lipinski definition) is 5. The number of nitrogens with one attached hydrogen (secondary N) is 1. The van der Waals surface area contributed by atoms with Crippen LogP contribution >= 0.6 is 0 Å². The molecule has 5 aromatic rings. The van der Waals surface area contributed by atoms with E-state index in [1.54, 1.807) is 38.5 Å². The fourth-order valence-corrected chi connectivity index (χ4v) is 4.11. The van der Waals surface area contributed by atoms with E-state index in [0.717, 1.165) is 33.2 Å². The Hall–Kier alpha value is -4.45. The third-order valence-electron chi connectivity index (χ3n) is 5.87. The van der Waals surface area contributed by atoms with Crippen LogP contribution in [-0.2, 0) is 6.61 Å². The zero-order valence-corrected chi connectivity index (χ0v) is 19.8. The lowest BCUT2D eigenvalue weighted by Crippen LogP contribution is -2.13. The first-order chi connectivity index (χ1) is 17.1. The molecule has 176 valence electrons. The molecule has 0 saturated heterocycles. The van der Waals surface area contributed by atoms with Crippen molar-refractivity contribution in [3.8, 4) is 17.2 Å². The number of para-hydroxylation sites is 1. The Kier molecular flexibility index (Phi) is 6.02. The number of carbonyl (C=O) groups excluding carboxylic acids is 1. The van der Waals surface area contributed by atoms with Gasteiger partial charge in [0.1, 0.15) is 35.0 Å². The van der Waals surface area contributed by atoms with Gasteiger partial charge in [-0.05, 0) is 55.0 Å². The quantitative estimate of drug-likeness (QED) is 0.287. The first-order valence-corrected chi connectivity index (χ1v) is 11.2. The molecule has 4 aromatic carbocycles. The van der Waals surface area contributed by atoms with Crippen molar-refractivity contribution in [1.29, 1.82) is 0 Å². The number of anilines is 1. The molecule has 1 heterocycles. The van der Waals surface area contributed by atoms with Gasteiger partial charge >= 0.3 is 0 Å². The summed E-state index contributed by atoms with van der Waals surface area (Å²) in [6, 6.07) is 24.5. The number of methoxy groups -OCH3 is 2. The highest BCUT2D eigenvalue weighted by atomic mass is 16.5. The number of fused-ring (bicyclic) bond motifs is 3. The summed E-state index contributed by atoms with van der Waals surface area (Å²) in [7, 11) is 3.17. The fraction of sp³-hybridized carbons (Fsp3) is 0.138. The minimum Gasteiger partial charge on any atom is -0.496 e. The monoisotopic (exact) mass is 467 g/mol. The predicted molar refractivity (Wildman–Crippen MR) is 137 cm³/mol. The normalized spacial score (nSPS) is 10.9. The van der Waals surface area contributed by atoms with Crippen LogP contribution in [0.2, 0.25) is 0 Å². The second-order valence-electron chi connectivity index (χ2n) is 8.23. The van der Waals surface area contributed by atoms with Crippen LogP contribution in [0.15, 0.2) is 83.3 Å². The van der Waals surface area contributed by atoms with Crippen molar-refractivity contribution in [2.24, 2.45) is 0 Å². The molecule has 5 rings (SSSR count). The molecular formula is C29H25NO5. The molecule has 6 nitrogen and oxygen atoms in total. The highest BCUT2D eigenvalue weighted by molar-refractivity contribution is 6.10. The van der Waals surface area contributed by atoms with E-state index in [1.807, 2.05) is 61.5 Å². The van der Waals surface area contributed by atoms with E-state index in [1.165, 1.54) is 0 Å². The van der Waals surface area contributed by atoms with Gasteiger partial charge in [-0.3, -0.25) is 4.79 Å². The van der Waals surface area contributed by atoms with E-state index < -0.39 is 0 Å². The van der Waals surface area contributed by atoms with E-state index in [9.17, 15) is 4.79 Å². The number of carbonyl (C=O) groups is 1. The van der Waals surface area contributed by atoms with Gasteiger partial charge in [0.15, 0.2) is 0 Å². The molecule has 0 aliphatic carbocycles. The van der Waals surface area contributed by atoms with Gasteiger partial charge < -0.3 is 23.9 Å². The lowest BCUT2D eigenvalue weighted by atomic mass is 10.1. The lowest BCUT2D eigenvalue weighted by molar-refractivity contribution is 0.102. The number of aryl methyl sites for hydroxylation is 1. The number of hydrogen-bond donors (Lipinski definition) is 1. The Balaban J connectivity index is 1.42. The maximum Gasteiger partial charge on any atom is 0.255 e. The summed E-state index contributed by atoms with van der Waals surface area (Å²) in [5, 5.41) is 4.87. The SMILES string of the molecule is COc1ccc(C(=O)Nc2cc3oc4ccccc4c3cc2OC)cc1COc1cccc(C)c1. The van der Waals surface area contributed by atoms with Crippen LogP contribution in [0, 0.1) is 6.92 Å². The second kappa shape index (κ2) is 9.43. The molecular weight excluding hydrogens is 442 g/mol. The van der Waals surface area contributed by atoms with Gasteiger partial charge in [0.2, 0.25) is 0 Å². The van der Waals surface area contributed by atoms with Gasteiger partial charge in [0.05, 0.1) is 19.9 Å². The largest absolute Gasteiger partial charge is 0.496 e. The van der Waals surface area contributed by atoms with Gasteiger partial charge in [0, 0.05) is 28.0 Å². The van der Waals surface area contributed by atoms with Gasteiger partial charge in [-0.25, -0.2) is 0 Å². The minimum atomic E-state index is -0.279. The zero-order chi connectivity index (χ0) is 24.4. The van der Waals surface area contributed by atoms with Crippen LogP contribution in [0.5, 0.6) is 17.2 Å². The molecule has 0 fully saturated rings. The van der Waals surface area contributed by atoms with Gasteiger partial charge in [-0.15, -0.1) is 0 Å². The molecule has 0 unspecified atom stereocenters. The van der Waals surface area contributed by atoms with Gasteiger partial charge in [-0.2, -0.15) is 0 Å². The summed E-state index contributed by atoms with van der Waals surface area (Å²) in [6.45, 7) is 2.28. The smallest absolute Gasteiger partial charge is 0.255 e. The highest BCUT2D eigenvalue weighted by Gasteiger charge is 2.16. The van der Waals surface area contributed by atoms with Crippen LogP contribution in [-0.4, -0.2) is 20.1 Å². The number of rotatable bonds is 7. The summed E-state index contributed by atoms with van der Waals surface area (Å²) in [4.78, 5) is 13.2. The van der Waals surface area contributed by atoms with Crippen molar-refractivity contribution in [3.63, 3.8) is 0 Å². The zero-order valence-electron chi connectivity index (χ0n) is 19.8. The first-order valence-electron chi connectivity index (χ1n) is 11.2. The van der Waals surface area contributed by atoms with Crippen molar-refractivity contribution < 1.29 is 23.4 Å². The average molecular weight is 468 g/mol. The lowest BCUT2D eigenvalue weighted by Gasteiger charge is -2.14. The Labute approximate surface area is 203 Å². The summed E-state index contributed by atoms with van der Waals surface area (Å²) < 4.78 is 23.0. The van der Waals surface area contributed by atoms with E-state index in [2.05, 4.69) is 5.32 Å². The molecule has 0 aliphatic rings. The molecule has 1 amide bonds. The van der Waals surface area contributed by atoms with E-state index in [0.29, 0.717) is 28.3 Å². The third-order valence-corrected chi connectivity index (χ3v) is 5.87. The van der Waals surface area contributed by atoms with Crippen LogP contribution in [0.4, 0.5) is 5.69 Å². The van der Waals surface area contributed by atoms with Gasteiger partial charge in [-0.1, -0.05) is 30.3 Å². The molecule has 0 atom stereocenters. The Morgan fingerprint density at radius 2 is 1.66 bits per heavy atom. The topological polar surface area (TPSA) is 69.9 Å². The number of amides is 1. The number of benzene rings is 4. The summed E-state index contributed by atoms with van der Waals surface area (Å²) in [5.41, 5.74) is 4.32. The minimum absolute atomic E-state index is 0.266. The van der Waals surface area contributed by atoms with E-state index in [-0.39, 0.29) is 12.5 Å². The molecule has 0 saturated carbocycles.